The molecule has 6 heteroatoms. The van der Waals surface area contributed by atoms with Crippen LogP contribution in [0.2, 0.25) is 5.02 Å². The van der Waals surface area contributed by atoms with E-state index < -0.39 is 0 Å². The number of pyridine rings is 1. The minimum absolute atomic E-state index is 0.0570. The van der Waals surface area contributed by atoms with Crippen LogP contribution < -0.4 is 5.32 Å². The molecule has 110 valence electrons. The van der Waals surface area contributed by atoms with Crippen LogP contribution in [-0.2, 0) is 0 Å². The molecule has 2 heterocycles. The second-order valence-electron chi connectivity index (χ2n) is 4.83. The molecule has 0 unspecified atom stereocenters. The summed E-state index contributed by atoms with van der Waals surface area (Å²) in [5, 5.41) is 3.29. The fraction of sp³-hybridized carbons (Fsp3) is 0.0625. The molecule has 3 aromatic rings. The Morgan fingerprint density at radius 3 is 2.77 bits per heavy atom. The summed E-state index contributed by atoms with van der Waals surface area (Å²) < 4.78 is 1.68. The van der Waals surface area contributed by atoms with E-state index in [0.717, 1.165) is 0 Å². The molecule has 1 amide bonds. The van der Waals surface area contributed by atoms with Gasteiger partial charge in [0.25, 0.3) is 5.91 Å². The Morgan fingerprint density at radius 1 is 1.18 bits per heavy atom. The number of hydrogen-bond donors (Lipinski definition) is 1. The monoisotopic (exact) mass is 313 g/mol. The number of aromatic nitrogens is 2. The van der Waals surface area contributed by atoms with Gasteiger partial charge in [0.2, 0.25) is 0 Å². The minimum atomic E-state index is -0.347. The van der Waals surface area contributed by atoms with Crippen molar-refractivity contribution in [3.63, 3.8) is 0 Å². The van der Waals surface area contributed by atoms with E-state index >= 15 is 0 Å². The molecule has 0 aliphatic rings. The number of imidazole rings is 1. The summed E-state index contributed by atoms with van der Waals surface area (Å²) in [7, 11) is 0. The van der Waals surface area contributed by atoms with E-state index in [4.69, 9.17) is 11.6 Å². The number of benzene rings is 1. The first kappa shape index (κ1) is 14.3. The van der Waals surface area contributed by atoms with Gasteiger partial charge < -0.3 is 9.72 Å². The standard InChI is InChI=1S/C16H12ClN3O2/c1-10(21)11-3-2-4-13(7-11)18-16(22)14-9-20-8-12(17)5-6-15(20)19-14/h2-9H,1H3,(H,18,22). The van der Waals surface area contributed by atoms with Gasteiger partial charge in [0.1, 0.15) is 11.3 Å². The average Bonchev–Trinajstić information content (AvgIpc) is 2.90. The normalized spacial score (nSPS) is 10.6. The van der Waals surface area contributed by atoms with E-state index in [1.165, 1.54) is 6.92 Å². The quantitative estimate of drug-likeness (QED) is 0.753. The summed E-state index contributed by atoms with van der Waals surface area (Å²) in [6, 6.07) is 10.2. The Bertz CT molecular complexity index is 886. The lowest BCUT2D eigenvalue weighted by Crippen LogP contribution is -2.12. The number of carbonyl (C=O) groups is 2. The highest BCUT2D eigenvalue weighted by molar-refractivity contribution is 6.30. The van der Waals surface area contributed by atoms with Crippen LogP contribution >= 0.6 is 11.6 Å². The average molecular weight is 314 g/mol. The molecule has 1 N–H and O–H groups in total. The van der Waals surface area contributed by atoms with Gasteiger partial charge in [-0.05, 0) is 31.2 Å². The highest BCUT2D eigenvalue weighted by atomic mass is 35.5. The number of Topliss-reactive ketones (excluding diaryl/α,β-unsaturated/α-hetero) is 1. The zero-order valence-corrected chi connectivity index (χ0v) is 12.5. The number of carbonyl (C=O) groups excluding carboxylic acids is 2. The van der Waals surface area contributed by atoms with E-state index in [-0.39, 0.29) is 17.4 Å². The molecule has 2 aromatic heterocycles. The third kappa shape index (κ3) is 2.84. The molecule has 0 aliphatic heterocycles. The van der Waals surface area contributed by atoms with Crippen LogP contribution in [0.3, 0.4) is 0 Å². The van der Waals surface area contributed by atoms with Gasteiger partial charge in [0.05, 0.1) is 5.02 Å². The van der Waals surface area contributed by atoms with Crippen LogP contribution in [0.5, 0.6) is 0 Å². The summed E-state index contributed by atoms with van der Waals surface area (Å²) in [4.78, 5) is 27.8. The second kappa shape index (κ2) is 5.61. The van der Waals surface area contributed by atoms with Gasteiger partial charge >= 0.3 is 0 Å². The molecule has 1 aromatic carbocycles. The van der Waals surface area contributed by atoms with E-state index in [1.807, 2.05) is 0 Å². The van der Waals surface area contributed by atoms with Crippen LogP contribution in [0.15, 0.2) is 48.8 Å². The lowest BCUT2D eigenvalue weighted by Gasteiger charge is -2.04. The molecular formula is C16H12ClN3O2. The van der Waals surface area contributed by atoms with Crippen molar-refractivity contribution in [1.82, 2.24) is 9.38 Å². The third-order valence-corrected chi connectivity index (χ3v) is 3.40. The van der Waals surface area contributed by atoms with Crippen molar-refractivity contribution in [3.05, 3.63) is 65.1 Å². The number of anilines is 1. The second-order valence-corrected chi connectivity index (χ2v) is 5.27. The van der Waals surface area contributed by atoms with E-state index in [2.05, 4.69) is 10.3 Å². The molecule has 5 nitrogen and oxygen atoms in total. The Balaban J connectivity index is 1.86. The Kier molecular flexibility index (Phi) is 3.65. The molecule has 0 saturated heterocycles. The number of rotatable bonds is 3. The van der Waals surface area contributed by atoms with Crippen LogP contribution in [0, 0.1) is 0 Å². The molecule has 0 spiro atoms. The summed E-state index contributed by atoms with van der Waals surface area (Å²) in [6.07, 6.45) is 3.28. The van der Waals surface area contributed by atoms with Crippen molar-refractivity contribution >= 4 is 34.6 Å². The zero-order valence-electron chi connectivity index (χ0n) is 11.7. The minimum Gasteiger partial charge on any atom is -0.321 e. The van der Waals surface area contributed by atoms with Crippen molar-refractivity contribution in [1.29, 1.82) is 0 Å². The molecule has 0 aliphatic carbocycles. The van der Waals surface area contributed by atoms with Crippen LogP contribution in [0.25, 0.3) is 5.65 Å². The number of amides is 1. The number of nitrogens with one attached hydrogen (secondary N) is 1. The first-order valence-corrected chi connectivity index (χ1v) is 6.97. The molecular weight excluding hydrogens is 302 g/mol. The molecule has 0 saturated carbocycles. The van der Waals surface area contributed by atoms with Crippen molar-refractivity contribution in [2.45, 2.75) is 6.92 Å². The van der Waals surface area contributed by atoms with Gasteiger partial charge in [-0.3, -0.25) is 9.59 Å². The highest BCUT2D eigenvalue weighted by Gasteiger charge is 2.12. The Morgan fingerprint density at radius 2 is 2.00 bits per heavy atom. The van der Waals surface area contributed by atoms with Gasteiger partial charge in [0, 0.05) is 23.6 Å². The number of ketones is 1. The predicted molar refractivity (Wildman–Crippen MR) is 84.6 cm³/mol. The predicted octanol–water partition coefficient (Wildman–Crippen LogP) is 3.44. The van der Waals surface area contributed by atoms with Crippen LogP contribution in [0.1, 0.15) is 27.8 Å². The van der Waals surface area contributed by atoms with E-state index in [0.29, 0.717) is 21.9 Å². The third-order valence-electron chi connectivity index (χ3n) is 3.17. The van der Waals surface area contributed by atoms with Crippen molar-refractivity contribution in [3.8, 4) is 0 Å². The first-order chi connectivity index (χ1) is 10.5. The summed E-state index contributed by atoms with van der Waals surface area (Å²) in [5.74, 6) is -0.404. The number of halogens is 1. The van der Waals surface area contributed by atoms with E-state index in [9.17, 15) is 9.59 Å². The lowest BCUT2D eigenvalue weighted by molar-refractivity contribution is 0.100. The lowest BCUT2D eigenvalue weighted by atomic mass is 10.1. The van der Waals surface area contributed by atoms with E-state index in [1.54, 1.807) is 53.2 Å². The topological polar surface area (TPSA) is 63.5 Å². The molecule has 0 bridgehead atoms. The van der Waals surface area contributed by atoms with Crippen molar-refractivity contribution < 1.29 is 9.59 Å². The van der Waals surface area contributed by atoms with Gasteiger partial charge in [-0.25, -0.2) is 4.98 Å². The molecule has 22 heavy (non-hydrogen) atoms. The van der Waals surface area contributed by atoms with Crippen molar-refractivity contribution in [2.75, 3.05) is 5.32 Å². The number of fused-ring (bicyclic) bond motifs is 1. The van der Waals surface area contributed by atoms with Crippen molar-refractivity contribution in [2.24, 2.45) is 0 Å². The van der Waals surface area contributed by atoms with Crippen LogP contribution in [0.4, 0.5) is 5.69 Å². The maximum atomic E-state index is 12.2. The first-order valence-electron chi connectivity index (χ1n) is 6.59. The summed E-state index contributed by atoms with van der Waals surface area (Å²) in [6.45, 7) is 1.48. The maximum absolute atomic E-state index is 12.2. The van der Waals surface area contributed by atoms with Gasteiger partial charge in [-0.2, -0.15) is 0 Å². The smallest absolute Gasteiger partial charge is 0.275 e. The number of hydrogen-bond acceptors (Lipinski definition) is 3. The summed E-state index contributed by atoms with van der Waals surface area (Å²) in [5.41, 5.74) is 2.00. The van der Waals surface area contributed by atoms with Gasteiger partial charge in [-0.1, -0.05) is 23.7 Å². The maximum Gasteiger partial charge on any atom is 0.275 e. The summed E-state index contributed by atoms with van der Waals surface area (Å²) >= 11 is 5.90. The number of nitrogens with zero attached hydrogens (tertiary/aromatic N) is 2. The van der Waals surface area contributed by atoms with Gasteiger partial charge in [0.15, 0.2) is 5.78 Å². The SMILES string of the molecule is CC(=O)c1cccc(NC(=O)c2cn3cc(Cl)ccc3n2)c1. The molecule has 0 radical (unpaired) electrons. The molecule has 3 rings (SSSR count). The van der Waals surface area contributed by atoms with Gasteiger partial charge in [-0.15, -0.1) is 0 Å². The molecule has 0 fully saturated rings. The van der Waals surface area contributed by atoms with Crippen LogP contribution in [-0.4, -0.2) is 21.1 Å². The Hall–Kier alpha value is -2.66. The highest BCUT2D eigenvalue weighted by Crippen LogP contribution is 2.15. The fourth-order valence-corrected chi connectivity index (χ4v) is 2.25. The largest absolute Gasteiger partial charge is 0.321 e. The fourth-order valence-electron chi connectivity index (χ4n) is 2.09. The molecule has 0 atom stereocenters. The zero-order chi connectivity index (χ0) is 15.7. The Labute approximate surface area is 131 Å².